The number of cyclic esters (lactones) is 1. The van der Waals surface area contributed by atoms with E-state index in [1.807, 2.05) is 13.8 Å². The number of anilines is 2. The van der Waals surface area contributed by atoms with Crippen molar-refractivity contribution in [3.05, 3.63) is 54.1 Å². The van der Waals surface area contributed by atoms with E-state index in [0.717, 1.165) is 17.0 Å². The van der Waals surface area contributed by atoms with Crippen molar-refractivity contribution in [2.24, 2.45) is 5.92 Å². The lowest BCUT2D eigenvalue weighted by molar-refractivity contribution is -0.141. The van der Waals surface area contributed by atoms with Crippen molar-refractivity contribution in [3.8, 4) is 0 Å². The molecule has 4 heterocycles. The Balaban J connectivity index is 1.21. The molecular weight excluding hydrogens is 592 g/mol. The highest BCUT2D eigenvalue weighted by molar-refractivity contribution is 5.96. The molecule has 3 amide bonds. The van der Waals surface area contributed by atoms with Crippen molar-refractivity contribution >= 4 is 41.0 Å². The number of fused-ring (bicyclic) bond motifs is 1. The first kappa shape index (κ1) is 31.6. The average molecular weight is 628 g/mol. The number of imidazole rings is 1. The van der Waals surface area contributed by atoms with Gasteiger partial charge in [0.2, 0.25) is 11.7 Å². The van der Waals surface area contributed by atoms with Crippen molar-refractivity contribution in [2.45, 2.75) is 45.3 Å². The number of carbonyl (C=O) groups is 4. The molecule has 1 N–H and O–H groups in total. The van der Waals surface area contributed by atoms with Gasteiger partial charge in [0.25, 0.3) is 5.91 Å². The van der Waals surface area contributed by atoms with Gasteiger partial charge in [-0.15, -0.1) is 0 Å². The zero-order valence-electron chi connectivity index (χ0n) is 25.2. The van der Waals surface area contributed by atoms with Crippen molar-refractivity contribution in [3.63, 3.8) is 0 Å². The number of rotatable bonds is 10. The third kappa shape index (κ3) is 7.13. The zero-order chi connectivity index (χ0) is 32.2. The number of nitrogens with one attached hydrogen (secondary N) is 1. The number of nitrogens with zero attached hydrogens (tertiary/aromatic N) is 6. The molecule has 2 aliphatic heterocycles. The largest absolute Gasteiger partial charge is 0.469 e. The predicted molar refractivity (Wildman–Crippen MR) is 158 cm³/mol. The average Bonchev–Trinajstić information content (AvgIpc) is 3.62. The van der Waals surface area contributed by atoms with Gasteiger partial charge in [0.05, 0.1) is 19.3 Å². The minimum atomic E-state index is -0.859. The Hall–Kier alpha value is -4.82. The van der Waals surface area contributed by atoms with Crippen LogP contribution >= 0.6 is 0 Å². The molecule has 2 aromatic heterocycles. The lowest BCUT2D eigenvalue weighted by atomic mass is 10.0. The minimum absolute atomic E-state index is 0.00166. The van der Waals surface area contributed by atoms with Crippen LogP contribution in [0.3, 0.4) is 0 Å². The number of halogens is 2. The summed E-state index contributed by atoms with van der Waals surface area (Å²) in [5, 5.41) is 2.81. The van der Waals surface area contributed by atoms with E-state index in [1.54, 1.807) is 27.8 Å². The van der Waals surface area contributed by atoms with Gasteiger partial charge < -0.3 is 24.6 Å². The van der Waals surface area contributed by atoms with Crippen LogP contribution in [0.1, 0.15) is 43.6 Å². The first-order valence-corrected chi connectivity index (χ1v) is 14.7. The van der Waals surface area contributed by atoms with Crippen LogP contribution < -0.4 is 15.1 Å². The quantitative estimate of drug-likeness (QED) is 0.336. The Morgan fingerprint density at radius 2 is 1.84 bits per heavy atom. The molecule has 0 radical (unpaired) electrons. The zero-order valence-corrected chi connectivity index (χ0v) is 25.2. The number of amides is 3. The van der Waals surface area contributed by atoms with Gasteiger partial charge in [-0.05, 0) is 24.8 Å². The maximum absolute atomic E-state index is 15.3. The van der Waals surface area contributed by atoms with Crippen molar-refractivity contribution in [1.82, 2.24) is 24.6 Å². The van der Waals surface area contributed by atoms with Crippen LogP contribution in [0.2, 0.25) is 0 Å². The first-order chi connectivity index (χ1) is 21.5. The maximum Gasteiger partial charge on any atom is 0.414 e. The summed E-state index contributed by atoms with van der Waals surface area (Å²) in [6.45, 7) is 4.60. The molecule has 0 saturated carbocycles. The van der Waals surface area contributed by atoms with Gasteiger partial charge in [0.1, 0.15) is 23.5 Å². The topological polar surface area (TPSA) is 139 Å². The number of hydrogen-bond donors (Lipinski definition) is 1. The van der Waals surface area contributed by atoms with Gasteiger partial charge in [-0.3, -0.25) is 23.7 Å². The lowest BCUT2D eigenvalue weighted by Gasteiger charge is -2.38. The van der Waals surface area contributed by atoms with E-state index in [1.165, 1.54) is 18.2 Å². The fraction of sp³-hybridized carbons (Fsp3) is 0.467. The molecular formula is C30H35F2N7O6. The lowest BCUT2D eigenvalue weighted by Crippen LogP contribution is -2.55. The summed E-state index contributed by atoms with van der Waals surface area (Å²) in [6.07, 6.45) is 4.10. The fourth-order valence-electron chi connectivity index (χ4n) is 5.51. The highest BCUT2D eigenvalue weighted by atomic mass is 19.1. The van der Waals surface area contributed by atoms with E-state index in [0.29, 0.717) is 12.2 Å². The van der Waals surface area contributed by atoms with Crippen molar-refractivity contribution < 1.29 is 37.4 Å². The molecule has 0 aliphatic carbocycles. The molecule has 2 fully saturated rings. The minimum Gasteiger partial charge on any atom is -0.469 e. The van der Waals surface area contributed by atoms with E-state index in [-0.39, 0.29) is 74.5 Å². The second kappa shape index (κ2) is 13.4. The summed E-state index contributed by atoms with van der Waals surface area (Å²) < 4.78 is 42.1. The number of piperazine rings is 1. The molecule has 3 aromatic rings. The molecule has 240 valence electrons. The summed E-state index contributed by atoms with van der Waals surface area (Å²) in [6, 6.07) is 3.04. The molecule has 13 nitrogen and oxygen atoms in total. The van der Waals surface area contributed by atoms with Crippen LogP contribution in [-0.2, 0) is 19.1 Å². The molecule has 15 heteroatoms. The van der Waals surface area contributed by atoms with Gasteiger partial charge in [0.15, 0.2) is 11.6 Å². The van der Waals surface area contributed by atoms with Crippen LogP contribution in [0.25, 0.3) is 5.78 Å². The van der Waals surface area contributed by atoms with Gasteiger partial charge in [-0.1, -0.05) is 13.8 Å². The first-order valence-electron chi connectivity index (χ1n) is 14.7. The van der Waals surface area contributed by atoms with Crippen LogP contribution in [0.4, 0.5) is 25.0 Å². The van der Waals surface area contributed by atoms with Crippen LogP contribution in [0, 0.1) is 17.6 Å². The van der Waals surface area contributed by atoms with Crippen molar-refractivity contribution in [1.29, 1.82) is 0 Å². The van der Waals surface area contributed by atoms with Gasteiger partial charge >= 0.3 is 12.1 Å². The van der Waals surface area contributed by atoms with E-state index in [2.05, 4.69) is 20.0 Å². The van der Waals surface area contributed by atoms with E-state index in [4.69, 9.17) is 4.74 Å². The Morgan fingerprint density at radius 3 is 2.49 bits per heavy atom. The molecule has 2 saturated heterocycles. The van der Waals surface area contributed by atoms with E-state index in [9.17, 15) is 19.2 Å². The number of ether oxygens (including phenoxy) is 2. The summed E-state index contributed by atoms with van der Waals surface area (Å²) >= 11 is 0. The molecule has 0 spiro atoms. The number of hydrogen-bond acceptors (Lipinski definition) is 9. The summed E-state index contributed by atoms with van der Waals surface area (Å²) in [7, 11) is 1.26. The van der Waals surface area contributed by atoms with Gasteiger partial charge in [-0.2, -0.15) is 0 Å². The summed E-state index contributed by atoms with van der Waals surface area (Å²) in [4.78, 5) is 62.9. The number of methoxy groups -OCH3 is 1. The van der Waals surface area contributed by atoms with Crippen molar-refractivity contribution in [2.75, 3.05) is 49.6 Å². The van der Waals surface area contributed by atoms with Gasteiger partial charge in [0, 0.05) is 63.3 Å². The molecule has 0 bridgehead atoms. The molecule has 0 unspecified atom stereocenters. The molecule has 1 aromatic carbocycles. The fourth-order valence-corrected chi connectivity index (χ4v) is 5.51. The number of benzene rings is 1. The highest BCUT2D eigenvalue weighted by Gasteiger charge is 2.35. The number of esters is 1. The van der Waals surface area contributed by atoms with E-state index >= 15 is 8.78 Å². The van der Waals surface area contributed by atoms with Crippen LogP contribution in [-0.4, -0.2) is 95.1 Å². The van der Waals surface area contributed by atoms with Crippen LogP contribution in [0.15, 0.2) is 36.8 Å². The SMILES string of the molecule is COC(=O)CC[C@H]1CN(c2cc(F)c(N3CCN(C(=O)[C@H](CC(C)C)NC(=O)c4cn5cccnc5n4)CC3)c(F)c2)C(=O)O1. The third-order valence-electron chi connectivity index (χ3n) is 7.77. The molecule has 45 heavy (non-hydrogen) atoms. The molecule has 2 atom stereocenters. The monoisotopic (exact) mass is 627 g/mol. The smallest absolute Gasteiger partial charge is 0.414 e. The predicted octanol–water partition coefficient (Wildman–Crippen LogP) is 2.78. The summed E-state index contributed by atoms with van der Waals surface area (Å²) in [5.74, 6) is -2.50. The van der Waals surface area contributed by atoms with Crippen LogP contribution in [0.5, 0.6) is 0 Å². The molecule has 2 aliphatic rings. The second-order valence-corrected chi connectivity index (χ2v) is 11.4. The number of carbonyl (C=O) groups excluding carboxylic acids is 4. The van der Waals surface area contributed by atoms with Gasteiger partial charge in [-0.25, -0.2) is 23.5 Å². The Labute approximate surface area is 258 Å². The Kier molecular flexibility index (Phi) is 9.44. The number of aromatic nitrogens is 3. The normalized spacial score (nSPS) is 17.5. The Morgan fingerprint density at radius 1 is 1.13 bits per heavy atom. The maximum atomic E-state index is 15.3. The summed E-state index contributed by atoms with van der Waals surface area (Å²) in [5.41, 5.74) is -0.122. The molecule has 5 rings (SSSR count). The second-order valence-electron chi connectivity index (χ2n) is 11.4. The highest BCUT2D eigenvalue weighted by Crippen LogP contribution is 2.32. The Bertz CT molecular complexity index is 1530. The third-order valence-corrected chi connectivity index (χ3v) is 7.77. The standard InChI is InChI=1S/C30H35F2N7O6/c1-18(2)13-23(34-27(41)24-17-38-8-4-7-33-29(38)35-24)28(42)37-11-9-36(10-12-37)26-21(31)14-19(15-22(26)32)39-16-20(45-30(39)43)5-6-25(40)44-3/h4,7-8,14-15,17-18,20,23H,5-6,9-13,16H2,1-3H3,(H,34,41)/t20-,23-/m0/s1. The van der Waals surface area contributed by atoms with E-state index < -0.39 is 41.7 Å².